The van der Waals surface area contributed by atoms with Crippen molar-refractivity contribution in [1.29, 1.82) is 0 Å². The highest BCUT2D eigenvalue weighted by Gasteiger charge is 2.18. The van der Waals surface area contributed by atoms with Crippen molar-refractivity contribution >= 4 is 6.29 Å². The van der Waals surface area contributed by atoms with Crippen LogP contribution in [-0.2, 0) is 0 Å². The van der Waals surface area contributed by atoms with Crippen molar-refractivity contribution in [2.24, 2.45) is 0 Å². The Labute approximate surface area is 132 Å². The van der Waals surface area contributed by atoms with Gasteiger partial charge in [-0.05, 0) is 24.3 Å². The summed E-state index contributed by atoms with van der Waals surface area (Å²) in [7, 11) is 3.14. The molecule has 2 aromatic heterocycles. The fraction of sp³-hybridized carbons (Fsp3) is 0.125. The normalized spacial score (nSPS) is 10.3. The third kappa shape index (κ3) is 2.64. The summed E-state index contributed by atoms with van der Waals surface area (Å²) in [6.45, 7) is 0. The van der Waals surface area contributed by atoms with Crippen LogP contribution >= 0.6 is 0 Å². The molecule has 0 amide bonds. The molecule has 0 atom stereocenters. The van der Waals surface area contributed by atoms with Gasteiger partial charge in [-0.1, -0.05) is 5.21 Å². The van der Waals surface area contributed by atoms with Gasteiger partial charge in [-0.15, -0.1) is 5.10 Å². The fourth-order valence-electron chi connectivity index (χ4n) is 2.28. The first-order valence-electron chi connectivity index (χ1n) is 6.82. The maximum Gasteiger partial charge on any atom is 0.172 e. The van der Waals surface area contributed by atoms with E-state index in [0.29, 0.717) is 29.2 Å². The molecule has 2 heterocycles. The van der Waals surface area contributed by atoms with E-state index in [1.165, 1.54) is 0 Å². The number of nitrogens with zero attached hydrogens (tertiary/aromatic N) is 4. The van der Waals surface area contributed by atoms with Gasteiger partial charge in [0.2, 0.25) is 0 Å². The number of aldehydes is 1. The molecule has 0 aliphatic carbocycles. The van der Waals surface area contributed by atoms with Gasteiger partial charge in [0, 0.05) is 24.0 Å². The summed E-state index contributed by atoms with van der Waals surface area (Å²) in [6, 6.07) is 8.91. The molecule has 0 saturated carbocycles. The minimum atomic E-state index is 0.245. The zero-order valence-electron chi connectivity index (χ0n) is 12.6. The molecule has 0 bridgehead atoms. The summed E-state index contributed by atoms with van der Waals surface area (Å²) >= 11 is 0. The fourth-order valence-corrected chi connectivity index (χ4v) is 2.28. The molecule has 0 aliphatic heterocycles. The molecule has 0 radical (unpaired) electrons. The molecule has 0 N–H and O–H groups in total. The number of hydrogen-bond donors (Lipinski definition) is 0. The van der Waals surface area contributed by atoms with Gasteiger partial charge in [-0.25, -0.2) is 4.68 Å². The summed E-state index contributed by atoms with van der Waals surface area (Å²) in [4.78, 5) is 15.3. The molecule has 116 valence electrons. The van der Waals surface area contributed by atoms with Gasteiger partial charge in [-0.3, -0.25) is 9.78 Å². The van der Waals surface area contributed by atoms with Gasteiger partial charge in [0.25, 0.3) is 0 Å². The number of hydrogen-bond acceptors (Lipinski definition) is 6. The number of carbonyl (C=O) groups is 1. The summed E-state index contributed by atoms with van der Waals surface area (Å²) in [6.07, 6.45) is 3.97. The molecule has 3 rings (SSSR count). The Morgan fingerprint density at radius 2 is 1.87 bits per heavy atom. The van der Waals surface area contributed by atoms with E-state index < -0.39 is 0 Å². The smallest absolute Gasteiger partial charge is 0.172 e. The van der Waals surface area contributed by atoms with Crippen molar-refractivity contribution in [2.45, 2.75) is 0 Å². The number of rotatable bonds is 5. The molecular formula is C16H14N4O3. The van der Waals surface area contributed by atoms with Gasteiger partial charge in [0.05, 0.1) is 14.2 Å². The molecule has 0 spiro atoms. The van der Waals surface area contributed by atoms with Gasteiger partial charge >= 0.3 is 0 Å². The Bertz CT molecular complexity index is 831. The van der Waals surface area contributed by atoms with Crippen LogP contribution in [0.15, 0.2) is 42.7 Å². The van der Waals surface area contributed by atoms with Gasteiger partial charge in [0.1, 0.15) is 22.9 Å². The number of aromatic nitrogens is 4. The first-order valence-corrected chi connectivity index (χ1v) is 6.82. The van der Waals surface area contributed by atoms with Crippen LogP contribution in [0.25, 0.3) is 16.9 Å². The average Bonchev–Trinajstić information content (AvgIpc) is 3.05. The Morgan fingerprint density at radius 1 is 1.09 bits per heavy atom. The molecule has 7 heteroatoms. The summed E-state index contributed by atoms with van der Waals surface area (Å²) in [5.41, 5.74) is 2.26. The molecule has 0 saturated heterocycles. The molecule has 7 nitrogen and oxygen atoms in total. The molecule has 23 heavy (non-hydrogen) atoms. The SMILES string of the molecule is COc1ccc(-n2nnc(C=O)c2-c2ccncc2)c(OC)c1. The van der Waals surface area contributed by atoms with Crippen LogP contribution < -0.4 is 9.47 Å². The lowest BCUT2D eigenvalue weighted by Crippen LogP contribution is -2.03. The van der Waals surface area contributed by atoms with Crippen molar-refractivity contribution in [3.63, 3.8) is 0 Å². The topological polar surface area (TPSA) is 79.1 Å². The van der Waals surface area contributed by atoms with E-state index in [9.17, 15) is 4.79 Å². The van der Waals surface area contributed by atoms with E-state index >= 15 is 0 Å². The first kappa shape index (κ1) is 14.7. The van der Waals surface area contributed by atoms with Gasteiger partial charge < -0.3 is 9.47 Å². The van der Waals surface area contributed by atoms with Crippen LogP contribution in [0.1, 0.15) is 10.5 Å². The van der Waals surface area contributed by atoms with Crippen LogP contribution in [0.3, 0.4) is 0 Å². The highest BCUT2D eigenvalue weighted by Crippen LogP contribution is 2.31. The molecule has 3 aromatic rings. The van der Waals surface area contributed by atoms with E-state index in [2.05, 4.69) is 15.3 Å². The van der Waals surface area contributed by atoms with E-state index in [4.69, 9.17) is 9.47 Å². The van der Waals surface area contributed by atoms with Gasteiger partial charge in [0.15, 0.2) is 12.0 Å². The Morgan fingerprint density at radius 3 is 2.52 bits per heavy atom. The second-order valence-electron chi connectivity index (χ2n) is 4.63. The van der Waals surface area contributed by atoms with Crippen LogP contribution in [-0.4, -0.2) is 40.5 Å². The number of carbonyl (C=O) groups excluding carboxylic acids is 1. The first-order chi connectivity index (χ1) is 11.3. The van der Waals surface area contributed by atoms with Crippen LogP contribution in [0.4, 0.5) is 0 Å². The largest absolute Gasteiger partial charge is 0.497 e. The van der Waals surface area contributed by atoms with Gasteiger partial charge in [-0.2, -0.15) is 0 Å². The molecule has 1 aromatic carbocycles. The van der Waals surface area contributed by atoms with Crippen molar-refractivity contribution in [1.82, 2.24) is 20.0 Å². The number of methoxy groups -OCH3 is 2. The Balaban J connectivity index is 2.22. The van der Waals surface area contributed by atoms with Crippen molar-refractivity contribution < 1.29 is 14.3 Å². The maximum atomic E-state index is 11.3. The Kier molecular flexibility index (Phi) is 4.01. The highest BCUT2D eigenvalue weighted by atomic mass is 16.5. The highest BCUT2D eigenvalue weighted by molar-refractivity contribution is 5.84. The molecule has 0 aliphatic rings. The lowest BCUT2D eigenvalue weighted by Gasteiger charge is -2.12. The maximum absolute atomic E-state index is 11.3. The quantitative estimate of drug-likeness (QED) is 0.672. The second kappa shape index (κ2) is 6.27. The molecule has 0 unspecified atom stereocenters. The van der Waals surface area contributed by atoms with E-state index in [1.807, 2.05) is 0 Å². The van der Waals surface area contributed by atoms with E-state index in [0.717, 1.165) is 5.56 Å². The van der Waals surface area contributed by atoms with E-state index in [1.54, 1.807) is 61.6 Å². The lowest BCUT2D eigenvalue weighted by molar-refractivity contribution is 0.111. The molecular weight excluding hydrogens is 296 g/mol. The third-order valence-corrected chi connectivity index (χ3v) is 3.38. The summed E-state index contributed by atoms with van der Waals surface area (Å²) in [5, 5.41) is 8.03. The third-order valence-electron chi connectivity index (χ3n) is 3.38. The summed E-state index contributed by atoms with van der Waals surface area (Å²) in [5.74, 6) is 1.22. The minimum Gasteiger partial charge on any atom is -0.497 e. The van der Waals surface area contributed by atoms with E-state index in [-0.39, 0.29) is 5.69 Å². The zero-order valence-corrected chi connectivity index (χ0v) is 12.6. The summed E-state index contributed by atoms with van der Waals surface area (Å²) < 4.78 is 12.2. The zero-order chi connectivity index (χ0) is 16.2. The van der Waals surface area contributed by atoms with Crippen LogP contribution in [0, 0.1) is 0 Å². The lowest BCUT2D eigenvalue weighted by atomic mass is 10.1. The van der Waals surface area contributed by atoms with Crippen molar-refractivity contribution in [3.8, 4) is 28.4 Å². The number of benzene rings is 1. The standard InChI is InChI=1S/C16H14N4O3/c1-22-12-3-4-14(15(9-12)23-2)20-16(13(10-21)18-19-20)11-5-7-17-8-6-11/h3-10H,1-2H3. The van der Waals surface area contributed by atoms with Crippen LogP contribution in [0.2, 0.25) is 0 Å². The number of ether oxygens (including phenoxy) is 2. The number of pyridine rings is 1. The average molecular weight is 310 g/mol. The van der Waals surface area contributed by atoms with Crippen molar-refractivity contribution in [3.05, 3.63) is 48.4 Å². The minimum absolute atomic E-state index is 0.245. The predicted octanol–water partition coefficient (Wildman–Crippen LogP) is 2.16. The monoisotopic (exact) mass is 310 g/mol. The predicted molar refractivity (Wildman–Crippen MR) is 83.1 cm³/mol. The Hall–Kier alpha value is -3.22. The van der Waals surface area contributed by atoms with Crippen molar-refractivity contribution in [2.75, 3.05) is 14.2 Å². The second-order valence-corrected chi connectivity index (χ2v) is 4.63. The van der Waals surface area contributed by atoms with Crippen LogP contribution in [0.5, 0.6) is 11.5 Å². The molecule has 0 fully saturated rings.